The van der Waals surface area contributed by atoms with E-state index >= 15 is 0 Å². The smallest absolute Gasteiger partial charge is 0.129 e. The summed E-state index contributed by atoms with van der Waals surface area (Å²) in [6.45, 7) is 7.92. The lowest BCUT2D eigenvalue weighted by atomic mass is 9.97. The molecule has 2 aliphatic heterocycles. The van der Waals surface area contributed by atoms with E-state index in [2.05, 4.69) is 35.8 Å². The van der Waals surface area contributed by atoms with Crippen LogP contribution in [-0.4, -0.2) is 41.6 Å². The zero-order valence-electron chi connectivity index (χ0n) is 12.5. The van der Waals surface area contributed by atoms with Crippen molar-refractivity contribution in [3.05, 3.63) is 23.4 Å². The molecule has 0 spiro atoms. The Bertz CT molecular complexity index is 477. The van der Waals surface area contributed by atoms with Crippen LogP contribution in [0.5, 0.6) is 0 Å². The van der Waals surface area contributed by atoms with Crippen LogP contribution in [0, 0.1) is 6.92 Å². The van der Waals surface area contributed by atoms with Crippen LogP contribution < -0.4 is 4.90 Å². The van der Waals surface area contributed by atoms with Crippen molar-refractivity contribution in [2.24, 2.45) is 0 Å². The number of nitrogens with zero attached hydrogens (tertiary/aromatic N) is 3. The van der Waals surface area contributed by atoms with Crippen LogP contribution in [0.2, 0.25) is 0 Å². The van der Waals surface area contributed by atoms with E-state index in [4.69, 9.17) is 16.6 Å². The third kappa shape index (κ3) is 2.79. The molecule has 0 saturated carbocycles. The zero-order chi connectivity index (χ0) is 14.1. The van der Waals surface area contributed by atoms with Crippen molar-refractivity contribution < 1.29 is 0 Å². The van der Waals surface area contributed by atoms with E-state index in [1.165, 1.54) is 31.4 Å². The Hall–Kier alpha value is -0.800. The summed E-state index contributed by atoms with van der Waals surface area (Å²) in [6.07, 6.45) is 4.07. The molecule has 2 aliphatic rings. The molecular weight excluding hydrogens is 270 g/mol. The first-order valence-electron chi connectivity index (χ1n) is 7.71. The lowest BCUT2D eigenvalue weighted by molar-refractivity contribution is 0.115. The van der Waals surface area contributed by atoms with E-state index in [0.717, 1.165) is 24.6 Å². The summed E-state index contributed by atoms with van der Waals surface area (Å²) in [5, 5.41) is 0. The summed E-state index contributed by atoms with van der Waals surface area (Å²) >= 11 is 6.00. The van der Waals surface area contributed by atoms with Crippen molar-refractivity contribution in [2.75, 3.05) is 24.5 Å². The summed E-state index contributed by atoms with van der Waals surface area (Å²) in [6, 6.07) is 5.48. The molecule has 20 heavy (non-hydrogen) atoms. The molecule has 0 aromatic carbocycles. The molecule has 1 aromatic heterocycles. The minimum absolute atomic E-state index is 0.529. The van der Waals surface area contributed by atoms with Gasteiger partial charge in [0.25, 0.3) is 0 Å². The van der Waals surface area contributed by atoms with Gasteiger partial charge in [-0.05, 0) is 50.9 Å². The maximum absolute atomic E-state index is 6.00. The van der Waals surface area contributed by atoms with Crippen LogP contribution in [0.25, 0.3) is 0 Å². The average molecular weight is 294 g/mol. The number of fused-ring (bicyclic) bond motifs is 1. The second-order valence-electron chi connectivity index (χ2n) is 6.25. The molecular formula is C16H24ClN3. The molecule has 0 aliphatic carbocycles. The van der Waals surface area contributed by atoms with Gasteiger partial charge in [0.05, 0.1) is 0 Å². The number of alkyl halides is 1. The number of piperazine rings is 1. The minimum Gasteiger partial charge on any atom is -0.351 e. The number of hydrogen-bond acceptors (Lipinski definition) is 3. The molecule has 0 N–H and O–H groups in total. The topological polar surface area (TPSA) is 19.4 Å². The third-order valence-electron chi connectivity index (χ3n) is 4.64. The Balaban J connectivity index is 1.83. The van der Waals surface area contributed by atoms with E-state index in [-0.39, 0.29) is 0 Å². The first-order valence-corrected chi connectivity index (χ1v) is 8.25. The highest BCUT2D eigenvalue weighted by molar-refractivity contribution is 6.17. The van der Waals surface area contributed by atoms with Gasteiger partial charge in [-0.3, -0.25) is 4.90 Å². The van der Waals surface area contributed by atoms with Crippen LogP contribution in [0.3, 0.4) is 0 Å². The average Bonchev–Trinajstić information content (AvgIpc) is 2.45. The maximum atomic E-state index is 6.00. The molecule has 110 valence electrons. The number of piperidine rings is 1. The van der Waals surface area contributed by atoms with E-state index in [0.29, 0.717) is 18.0 Å². The highest BCUT2D eigenvalue weighted by Gasteiger charge is 2.33. The fraction of sp³-hybridized carbons (Fsp3) is 0.688. The lowest BCUT2D eigenvalue weighted by Gasteiger charge is -2.48. The van der Waals surface area contributed by atoms with Gasteiger partial charge in [-0.15, -0.1) is 11.6 Å². The Morgan fingerprint density at radius 2 is 2.15 bits per heavy atom. The van der Waals surface area contributed by atoms with Crippen molar-refractivity contribution in [3.63, 3.8) is 0 Å². The third-order valence-corrected chi connectivity index (χ3v) is 4.94. The second-order valence-corrected chi connectivity index (χ2v) is 6.52. The van der Waals surface area contributed by atoms with Crippen LogP contribution in [-0.2, 0) is 5.88 Å². The van der Waals surface area contributed by atoms with Crippen LogP contribution in [0.4, 0.5) is 5.82 Å². The van der Waals surface area contributed by atoms with Gasteiger partial charge in [-0.2, -0.15) is 0 Å². The molecule has 3 rings (SSSR count). The van der Waals surface area contributed by atoms with Crippen LogP contribution in [0.15, 0.2) is 12.1 Å². The van der Waals surface area contributed by atoms with Crippen molar-refractivity contribution in [2.45, 2.75) is 51.1 Å². The molecule has 1 aromatic rings. The summed E-state index contributed by atoms with van der Waals surface area (Å²) < 4.78 is 0. The Kier molecular flexibility index (Phi) is 4.18. The van der Waals surface area contributed by atoms with Gasteiger partial charge in [0, 0.05) is 36.7 Å². The number of pyridine rings is 1. The number of aryl methyl sites for hydroxylation is 1. The maximum Gasteiger partial charge on any atom is 0.129 e. The monoisotopic (exact) mass is 293 g/mol. The Morgan fingerprint density at radius 3 is 2.95 bits per heavy atom. The summed E-state index contributed by atoms with van der Waals surface area (Å²) in [4.78, 5) is 9.89. The predicted octanol–water partition coefficient (Wildman–Crippen LogP) is 3.19. The van der Waals surface area contributed by atoms with E-state index in [1.54, 1.807) is 0 Å². The number of rotatable bonds is 2. The van der Waals surface area contributed by atoms with Crippen molar-refractivity contribution in [1.29, 1.82) is 0 Å². The van der Waals surface area contributed by atoms with Gasteiger partial charge in [0.15, 0.2) is 0 Å². The van der Waals surface area contributed by atoms with Gasteiger partial charge in [-0.1, -0.05) is 6.42 Å². The molecule has 0 amide bonds. The van der Waals surface area contributed by atoms with E-state index in [1.807, 2.05) is 0 Å². The Morgan fingerprint density at radius 1 is 1.30 bits per heavy atom. The van der Waals surface area contributed by atoms with Crippen molar-refractivity contribution in [1.82, 2.24) is 9.88 Å². The predicted molar refractivity (Wildman–Crippen MR) is 84.6 cm³/mol. The first-order chi connectivity index (χ1) is 9.67. The lowest BCUT2D eigenvalue weighted by Crippen LogP contribution is -2.59. The van der Waals surface area contributed by atoms with Crippen LogP contribution >= 0.6 is 11.6 Å². The van der Waals surface area contributed by atoms with E-state index < -0.39 is 0 Å². The highest BCUT2D eigenvalue weighted by atomic mass is 35.5. The fourth-order valence-electron chi connectivity index (χ4n) is 3.62. The molecule has 2 fully saturated rings. The number of anilines is 1. The van der Waals surface area contributed by atoms with Gasteiger partial charge < -0.3 is 4.90 Å². The van der Waals surface area contributed by atoms with Crippen LogP contribution in [0.1, 0.15) is 37.4 Å². The normalized spacial score (nSPS) is 27.4. The minimum atomic E-state index is 0.529. The molecule has 3 heterocycles. The summed E-state index contributed by atoms with van der Waals surface area (Å²) in [5.41, 5.74) is 2.24. The molecule has 0 radical (unpaired) electrons. The molecule has 2 atom stereocenters. The largest absolute Gasteiger partial charge is 0.351 e. The first kappa shape index (κ1) is 14.2. The van der Waals surface area contributed by atoms with Gasteiger partial charge >= 0.3 is 0 Å². The summed E-state index contributed by atoms with van der Waals surface area (Å²) in [7, 11) is 0. The summed E-state index contributed by atoms with van der Waals surface area (Å²) in [5.74, 6) is 1.67. The Labute approximate surface area is 126 Å². The van der Waals surface area contributed by atoms with Crippen molar-refractivity contribution in [3.8, 4) is 0 Å². The number of hydrogen-bond donors (Lipinski definition) is 0. The molecule has 3 nitrogen and oxygen atoms in total. The SMILES string of the molecule is Cc1cc(CCl)cc(N2CC3CCCCN3CC2C)n1. The van der Waals surface area contributed by atoms with Gasteiger partial charge in [0.2, 0.25) is 0 Å². The van der Waals surface area contributed by atoms with Gasteiger partial charge in [0.1, 0.15) is 5.82 Å². The quantitative estimate of drug-likeness (QED) is 0.781. The van der Waals surface area contributed by atoms with Gasteiger partial charge in [-0.25, -0.2) is 4.98 Å². The fourth-order valence-corrected chi connectivity index (χ4v) is 3.77. The highest BCUT2D eigenvalue weighted by Crippen LogP contribution is 2.28. The molecule has 2 unspecified atom stereocenters. The molecule has 2 saturated heterocycles. The zero-order valence-corrected chi connectivity index (χ0v) is 13.2. The second kappa shape index (κ2) is 5.90. The van der Waals surface area contributed by atoms with Crippen molar-refractivity contribution >= 4 is 17.4 Å². The molecule has 0 bridgehead atoms. The number of halogens is 1. The number of aromatic nitrogens is 1. The molecule has 4 heteroatoms. The standard InChI is InChI=1S/C16H24ClN3/c1-12-7-14(9-17)8-16(18-12)20-11-15-5-3-4-6-19(15)10-13(20)2/h7-8,13,15H,3-6,9-11H2,1-2H3. The van der Waals surface area contributed by atoms with E-state index in [9.17, 15) is 0 Å².